The van der Waals surface area contributed by atoms with E-state index >= 15 is 0 Å². The number of carboxylic acids is 2. The van der Waals surface area contributed by atoms with E-state index in [1.807, 2.05) is 0 Å². The van der Waals surface area contributed by atoms with Crippen molar-refractivity contribution in [2.75, 3.05) is 13.2 Å². The molecule has 4 amide bonds. The Hall–Kier alpha value is -3.99. The van der Waals surface area contributed by atoms with Gasteiger partial charge in [-0.3, -0.25) is 29.0 Å². The summed E-state index contributed by atoms with van der Waals surface area (Å²) < 4.78 is 0. The topological polar surface area (TPSA) is 316 Å². The summed E-state index contributed by atoms with van der Waals surface area (Å²) in [7, 11) is 0. The van der Waals surface area contributed by atoms with Gasteiger partial charge in [-0.1, -0.05) is 0 Å². The van der Waals surface area contributed by atoms with Crippen molar-refractivity contribution < 1.29 is 44.1 Å². The number of hydrogen-bond donors (Lipinski definition) is 10. The number of hydrogen-bond acceptors (Lipinski definition) is 9. The van der Waals surface area contributed by atoms with Crippen molar-refractivity contribution in [1.82, 2.24) is 16.0 Å². The van der Waals surface area contributed by atoms with Crippen molar-refractivity contribution in [1.29, 1.82) is 0 Å². The van der Waals surface area contributed by atoms with Crippen molar-refractivity contribution >= 4 is 41.5 Å². The largest absolute Gasteiger partial charge is 0.481 e. The molecule has 4 unspecified atom stereocenters. The Labute approximate surface area is 199 Å². The minimum Gasteiger partial charge on any atom is -0.481 e. The molecule has 0 aromatic heterocycles. The van der Waals surface area contributed by atoms with Crippen LogP contribution in [0, 0.1) is 0 Å². The predicted molar refractivity (Wildman–Crippen MR) is 119 cm³/mol. The maximum Gasteiger partial charge on any atom is 0.326 e. The number of carboxylic acid groups (broad SMARTS) is 2. The van der Waals surface area contributed by atoms with Crippen LogP contribution in [0.2, 0.25) is 0 Å². The first-order chi connectivity index (χ1) is 16.3. The monoisotopic (exact) mass is 504 g/mol. The fraction of sp³-hybridized carbons (Fsp3) is 0.611. The van der Waals surface area contributed by atoms with Crippen LogP contribution in [-0.4, -0.2) is 94.2 Å². The van der Waals surface area contributed by atoms with Gasteiger partial charge in [0, 0.05) is 13.0 Å². The second kappa shape index (κ2) is 15.8. The highest BCUT2D eigenvalue weighted by Gasteiger charge is 2.30. The highest BCUT2D eigenvalue weighted by Crippen LogP contribution is 2.03. The number of guanidine groups is 1. The molecule has 0 fully saturated rings. The molecule has 0 heterocycles. The van der Waals surface area contributed by atoms with Crippen molar-refractivity contribution in [3.63, 3.8) is 0 Å². The molecule has 0 rings (SSSR count). The molecule has 0 aromatic carbocycles. The number of aliphatic hydroxyl groups is 1. The van der Waals surface area contributed by atoms with E-state index < -0.39 is 72.8 Å². The quantitative estimate of drug-likeness (QED) is 0.0504. The average molecular weight is 505 g/mol. The third-order valence-electron chi connectivity index (χ3n) is 4.42. The van der Waals surface area contributed by atoms with E-state index in [0.29, 0.717) is 0 Å². The molecule has 0 radical (unpaired) electrons. The van der Waals surface area contributed by atoms with Gasteiger partial charge in [-0.15, -0.1) is 0 Å². The molecule has 17 nitrogen and oxygen atoms in total. The van der Waals surface area contributed by atoms with Gasteiger partial charge in [0.1, 0.15) is 18.1 Å². The number of carbonyl (C=O) groups is 6. The van der Waals surface area contributed by atoms with Gasteiger partial charge in [0.25, 0.3) is 0 Å². The summed E-state index contributed by atoms with van der Waals surface area (Å²) in [5, 5.41) is 34.0. The van der Waals surface area contributed by atoms with Gasteiger partial charge in [0.15, 0.2) is 5.96 Å². The molecule has 35 heavy (non-hydrogen) atoms. The van der Waals surface area contributed by atoms with Gasteiger partial charge in [-0.2, -0.15) is 0 Å². The van der Waals surface area contributed by atoms with Gasteiger partial charge < -0.3 is 54.2 Å². The molecule has 0 bridgehead atoms. The Bertz CT molecular complexity index is 816. The van der Waals surface area contributed by atoms with Gasteiger partial charge in [0.05, 0.1) is 19.1 Å². The van der Waals surface area contributed by atoms with Crippen LogP contribution >= 0.6 is 0 Å². The highest BCUT2D eigenvalue weighted by atomic mass is 16.4. The van der Waals surface area contributed by atoms with Crippen LogP contribution in [0.4, 0.5) is 0 Å². The van der Waals surface area contributed by atoms with Gasteiger partial charge in [-0.25, -0.2) is 4.79 Å². The Balaban J connectivity index is 5.38. The van der Waals surface area contributed by atoms with Crippen LogP contribution in [0.25, 0.3) is 0 Å². The SMILES string of the molecule is NC(=O)CCC(NC(=O)C(CO)NC(=O)C(CCCN=C(N)N)NC(=O)C(N)CC(=O)O)C(=O)O. The van der Waals surface area contributed by atoms with Crippen LogP contribution in [0.15, 0.2) is 4.99 Å². The maximum absolute atomic E-state index is 12.7. The van der Waals surface area contributed by atoms with Crippen molar-refractivity contribution in [2.24, 2.45) is 27.9 Å². The van der Waals surface area contributed by atoms with Crippen molar-refractivity contribution in [3.05, 3.63) is 0 Å². The number of nitrogens with one attached hydrogen (secondary N) is 3. The first-order valence-corrected chi connectivity index (χ1v) is 10.3. The van der Waals surface area contributed by atoms with Crippen LogP contribution in [0.1, 0.15) is 32.1 Å². The summed E-state index contributed by atoms with van der Waals surface area (Å²) in [6.07, 6.45) is -1.27. The fourth-order valence-corrected chi connectivity index (χ4v) is 2.61. The minimum atomic E-state index is -1.62. The lowest BCUT2D eigenvalue weighted by Crippen LogP contribution is -2.58. The van der Waals surface area contributed by atoms with Gasteiger partial charge >= 0.3 is 11.9 Å². The van der Waals surface area contributed by atoms with Crippen LogP contribution in [0.5, 0.6) is 0 Å². The van der Waals surface area contributed by atoms with Crippen molar-refractivity contribution in [3.8, 4) is 0 Å². The zero-order valence-electron chi connectivity index (χ0n) is 18.8. The predicted octanol–water partition coefficient (Wildman–Crippen LogP) is -5.36. The summed E-state index contributed by atoms with van der Waals surface area (Å²) in [4.78, 5) is 74.0. The molecular weight excluding hydrogens is 472 g/mol. The van der Waals surface area contributed by atoms with E-state index in [1.165, 1.54) is 0 Å². The number of carbonyl (C=O) groups excluding carboxylic acids is 4. The minimum absolute atomic E-state index is 0.0652. The molecule has 0 saturated heterocycles. The summed E-state index contributed by atoms with van der Waals surface area (Å²) >= 11 is 0. The lowest BCUT2D eigenvalue weighted by atomic mass is 10.1. The number of nitrogens with two attached hydrogens (primary N) is 4. The lowest BCUT2D eigenvalue weighted by Gasteiger charge is -2.24. The third kappa shape index (κ3) is 13.3. The number of rotatable bonds is 17. The highest BCUT2D eigenvalue weighted by molar-refractivity contribution is 5.94. The van der Waals surface area contributed by atoms with E-state index in [1.54, 1.807) is 0 Å². The summed E-state index contributed by atoms with van der Waals surface area (Å²) in [6, 6.07) is -5.95. The Kier molecular flexibility index (Phi) is 14.0. The Morgan fingerprint density at radius 2 is 1.34 bits per heavy atom. The second-order valence-electron chi connectivity index (χ2n) is 7.36. The first-order valence-electron chi connectivity index (χ1n) is 10.3. The number of aliphatic imine (C=N–C) groups is 1. The number of primary amides is 1. The molecular formula is C18H32N8O9. The van der Waals surface area contributed by atoms with Crippen LogP contribution < -0.4 is 38.9 Å². The molecule has 0 aromatic rings. The molecule has 198 valence electrons. The third-order valence-corrected chi connectivity index (χ3v) is 4.42. The average Bonchev–Trinajstić information content (AvgIpc) is 2.75. The normalized spacial score (nSPS) is 13.9. The summed E-state index contributed by atoms with van der Waals surface area (Å²) in [6.45, 7) is -0.861. The zero-order chi connectivity index (χ0) is 27.1. The number of amides is 4. The number of aliphatic hydroxyl groups excluding tert-OH is 1. The Morgan fingerprint density at radius 1 is 0.800 bits per heavy atom. The van der Waals surface area contributed by atoms with Crippen molar-refractivity contribution in [2.45, 2.75) is 56.3 Å². The van der Waals surface area contributed by atoms with Gasteiger partial charge in [-0.05, 0) is 19.3 Å². The molecule has 0 aliphatic carbocycles. The van der Waals surface area contributed by atoms with Crippen LogP contribution in [0.3, 0.4) is 0 Å². The maximum atomic E-state index is 12.7. The number of nitrogens with zero attached hydrogens (tertiary/aromatic N) is 1. The lowest BCUT2D eigenvalue weighted by molar-refractivity contribution is -0.143. The number of aliphatic carboxylic acids is 2. The fourth-order valence-electron chi connectivity index (χ4n) is 2.61. The van der Waals surface area contributed by atoms with E-state index in [2.05, 4.69) is 20.9 Å². The van der Waals surface area contributed by atoms with E-state index in [9.17, 15) is 39.0 Å². The van der Waals surface area contributed by atoms with Crippen LogP contribution in [-0.2, 0) is 28.8 Å². The Morgan fingerprint density at radius 3 is 1.83 bits per heavy atom. The molecule has 17 heteroatoms. The van der Waals surface area contributed by atoms with E-state index in [0.717, 1.165) is 0 Å². The smallest absolute Gasteiger partial charge is 0.326 e. The van der Waals surface area contributed by atoms with E-state index in [-0.39, 0.29) is 38.2 Å². The summed E-state index contributed by atoms with van der Waals surface area (Å²) in [5.74, 6) is -6.81. The second-order valence-corrected chi connectivity index (χ2v) is 7.36. The van der Waals surface area contributed by atoms with E-state index in [4.69, 9.17) is 28.0 Å². The molecule has 14 N–H and O–H groups in total. The first kappa shape index (κ1) is 31.0. The summed E-state index contributed by atoms with van der Waals surface area (Å²) in [5.41, 5.74) is 20.9. The van der Waals surface area contributed by atoms with Gasteiger partial charge in [0.2, 0.25) is 23.6 Å². The molecule has 0 aliphatic rings. The molecule has 0 spiro atoms. The molecule has 0 saturated carbocycles. The standard InChI is InChI=1S/C18H32N8O9/c19-8(6-13(29)30)14(31)24-9(2-1-5-23-18(21)22)15(32)26-11(7-27)16(33)25-10(17(34)35)3-4-12(20)28/h8-11,27H,1-7,19H2,(H2,20,28)(H,24,31)(H,25,33)(H,26,32)(H,29,30)(H,34,35)(H4,21,22,23). The zero-order valence-corrected chi connectivity index (χ0v) is 18.8. The molecule has 0 aliphatic heterocycles. The molecule has 4 atom stereocenters.